The van der Waals surface area contributed by atoms with E-state index in [-0.39, 0.29) is 5.69 Å². The van der Waals surface area contributed by atoms with E-state index in [2.05, 4.69) is 5.32 Å². The lowest BCUT2D eigenvalue weighted by Crippen LogP contribution is -2.14. The number of phenols is 3. The zero-order valence-corrected chi connectivity index (χ0v) is 11.8. The minimum absolute atomic E-state index is 0.0187. The van der Waals surface area contributed by atoms with E-state index in [0.29, 0.717) is 0 Å². The molecule has 0 aliphatic rings. The Balaban J connectivity index is 2.39. The fourth-order valence-electron chi connectivity index (χ4n) is 1.94. The number of hydrogen-bond acceptors (Lipinski definition) is 6. The second-order valence-corrected chi connectivity index (χ2v) is 4.69. The second-order valence-electron chi connectivity index (χ2n) is 4.69. The highest BCUT2D eigenvalue weighted by atomic mass is 16.4. The molecule has 0 saturated heterocycles. The van der Waals surface area contributed by atoms with Gasteiger partial charge in [-0.1, -0.05) is 0 Å². The average Bonchev–Trinajstić information content (AvgIpc) is 2.50. The maximum absolute atomic E-state index is 12.1. The van der Waals surface area contributed by atoms with Crippen LogP contribution in [0.2, 0.25) is 0 Å². The Kier molecular flexibility index (Phi) is 4.27. The van der Waals surface area contributed by atoms with Crippen LogP contribution in [-0.2, 0) is 0 Å². The number of anilines is 1. The summed E-state index contributed by atoms with van der Waals surface area (Å²) < 4.78 is 0. The van der Waals surface area contributed by atoms with Crippen molar-refractivity contribution in [2.45, 2.75) is 0 Å². The topological polar surface area (TPSA) is 164 Å². The highest BCUT2D eigenvalue weighted by molar-refractivity contribution is 6.09. The fourth-order valence-corrected chi connectivity index (χ4v) is 1.94. The van der Waals surface area contributed by atoms with Gasteiger partial charge in [0.25, 0.3) is 5.91 Å². The zero-order valence-electron chi connectivity index (χ0n) is 11.8. The molecule has 9 nitrogen and oxygen atoms in total. The normalized spacial score (nSPS) is 10.2. The predicted octanol–water partition coefficient (Wildman–Crippen LogP) is 1.45. The third-order valence-corrected chi connectivity index (χ3v) is 3.05. The third kappa shape index (κ3) is 3.19. The van der Waals surface area contributed by atoms with Crippen LogP contribution in [0.5, 0.6) is 17.2 Å². The third-order valence-electron chi connectivity index (χ3n) is 3.05. The van der Waals surface area contributed by atoms with Gasteiger partial charge in [-0.3, -0.25) is 4.79 Å². The number of carbonyl (C=O) groups is 3. The minimum atomic E-state index is -1.55. The van der Waals surface area contributed by atoms with Gasteiger partial charge in [-0.25, -0.2) is 9.59 Å². The molecular weight excluding hydrogens is 322 g/mol. The molecule has 124 valence electrons. The Morgan fingerprint density at radius 3 is 1.96 bits per heavy atom. The van der Waals surface area contributed by atoms with Gasteiger partial charge in [-0.15, -0.1) is 0 Å². The summed E-state index contributed by atoms with van der Waals surface area (Å²) in [6.07, 6.45) is 0. The number of benzene rings is 2. The number of nitrogens with one attached hydrogen (secondary N) is 1. The Bertz CT molecular complexity index is 859. The van der Waals surface area contributed by atoms with Crippen molar-refractivity contribution in [3.05, 3.63) is 47.0 Å². The molecule has 0 radical (unpaired) electrons. The van der Waals surface area contributed by atoms with Crippen LogP contribution in [0.25, 0.3) is 0 Å². The summed E-state index contributed by atoms with van der Waals surface area (Å²) in [5, 5.41) is 48.8. The number of hydrogen-bond donors (Lipinski definition) is 6. The fraction of sp³-hybridized carbons (Fsp3) is 0. The van der Waals surface area contributed by atoms with Crippen LogP contribution >= 0.6 is 0 Å². The van der Waals surface area contributed by atoms with Crippen molar-refractivity contribution < 1.29 is 39.9 Å². The lowest BCUT2D eigenvalue weighted by atomic mass is 10.1. The number of aromatic hydroxyl groups is 3. The molecule has 2 aromatic carbocycles. The molecule has 0 fully saturated rings. The molecule has 0 saturated carbocycles. The van der Waals surface area contributed by atoms with E-state index in [4.69, 9.17) is 10.2 Å². The molecule has 2 aromatic rings. The number of carbonyl (C=O) groups excluding carboxylic acids is 1. The molecule has 0 bridgehead atoms. The first-order chi connectivity index (χ1) is 11.2. The molecule has 9 heteroatoms. The van der Waals surface area contributed by atoms with Gasteiger partial charge in [-0.05, 0) is 30.3 Å². The van der Waals surface area contributed by atoms with Crippen molar-refractivity contribution in [3.63, 3.8) is 0 Å². The first-order valence-corrected chi connectivity index (χ1v) is 6.37. The van der Waals surface area contributed by atoms with E-state index < -0.39 is 51.8 Å². The van der Waals surface area contributed by atoms with Crippen LogP contribution in [0.15, 0.2) is 30.3 Å². The summed E-state index contributed by atoms with van der Waals surface area (Å²) in [6.45, 7) is 0. The Labute approximate surface area is 134 Å². The highest BCUT2D eigenvalue weighted by Gasteiger charge is 2.21. The van der Waals surface area contributed by atoms with Crippen molar-refractivity contribution in [2.24, 2.45) is 0 Å². The van der Waals surface area contributed by atoms with Gasteiger partial charge in [0, 0.05) is 5.69 Å². The van der Waals surface area contributed by atoms with Crippen molar-refractivity contribution in [3.8, 4) is 17.2 Å². The molecule has 0 aromatic heterocycles. The molecule has 0 aliphatic heterocycles. The maximum Gasteiger partial charge on any atom is 0.339 e. The van der Waals surface area contributed by atoms with E-state index >= 15 is 0 Å². The molecular formula is C15H11NO8. The van der Waals surface area contributed by atoms with Gasteiger partial charge in [0.05, 0.1) is 5.56 Å². The molecule has 0 heterocycles. The molecule has 0 unspecified atom stereocenters. The molecule has 0 spiro atoms. The number of carboxylic acids is 2. The van der Waals surface area contributed by atoms with E-state index in [1.807, 2.05) is 0 Å². The van der Waals surface area contributed by atoms with Gasteiger partial charge in [0.2, 0.25) is 0 Å². The zero-order chi connectivity index (χ0) is 18.0. The monoisotopic (exact) mass is 333 g/mol. The molecule has 6 N–H and O–H groups in total. The van der Waals surface area contributed by atoms with Crippen LogP contribution in [-0.4, -0.2) is 43.4 Å². The summed E-state index contributed by atoms with van der Waals surface area (Å²) in [5.41, 5.74) is -1.66. The summed E-state index contributed by atoms with van der Waals surface area (Å²) in [4.78, 5) is 34.0. The molecule has 0 aliphatic carbocycles. The SMILES string of the molecule is O=C(O)c1cc(NC(=O)c2cc(O)cc(C(=O)O)c2O)ccc1O. The van der Waals surface area contributed by atoms with Gasteiger partial charge >= 0.3 is 11.9 Å². The van der Waals surface area contributed by atoms with Crippen molar-refractivity contribution >= 4 is 23.5 Å². The van der Waals surface area contributed by atoms with Crippen LogP contribution in [0.1, 0.15) is 31.1 Å². The largest absolute Gasteiger partial charge is 0.508 e. The van der Waals surface area contributed by atoms with E-state index in [1.165, 1.54) is 6.07 Å². The minimum Gasteiger partial charge on any atom is -0.508 e. The summed E-state index contributed by atoms with van der Waals surface area (Å²) in [6, 6.07) is 4.86. The van der Waals surface area contributed by atoms with Crippen molar-refractivity contribution in [2.75, 3.05) is 5.32 Å². The summed E-state index contributed by atoms with van der Waals surface area (Å²) in [5.74, 6) is -5.85. The van der Waals surface area contributed by atoms with E-state index in [1.54, 1.807) is 0 Å². The number of phenolic OH excluding ortho intramolecular Hbond substituents is 1. The van der Waals surface area contributed by atoms with Gasteiger partial charge in [-0.2, -0.15) is 0 Å². The number of carboxylic acid groups (broad SMARTS) is 2. The molecule has 24 heavy (non-hydrogen) atoms. The highest BCUT2D eigenvalue weighted by Crippen LogP contribution is 2.29. The summed E-state index contributed by atoms with van der Waals surface area (Å²) in [7, 11) is 0. The molecule has 2 rings (SSSR count). The number of rotatable bonds is 4. The van der Waals surface area contributed by atoms with Gasteiger partial charge in [0.1, 0.15) is 28.4 Å². The first kappa shape index (κ1) is 16.6. The lowest BCUT2D eigenvalue weighted by molar-refractivity contribution is 0.0682. The quantitative estimate of drug-likeness (QED) is 0.457. The molecule has 0 atom stereocenters. The summed E-state index contributed by atoms with van der Waals surface area (Å²) >= 11 is 0. The van der Waals surface area contributed by atoms with Gasteiger partial charge < -0.3 is 30.8 Å². The van der Waals surface area contributed by atoms with Crippen molar-refractivity contribution in [1.29, 1.82) is 0 Å². The number of amides is 1. The first-order valence-electron chi connectivity index (χ1n) is 6.37. The Morgan fingerprint density at radius 2 is 1.38 bits per heavy atom. The number of aromatic carboxylic acids is 2. The standard InChI is InChI=1S/C15H11NO8/c17-7-4-9(12(19)10(5-7)15(23)24)13(20)16-6-1-2-11(18)8(3-6)14(21)22/h1-5,17-19H,(H,16,20)(H,21,22)(H,23,24). The van der Waals surface area contributed by atoms with Crippen LogP contribution in [0.3, 0.4) is 0 Å². The lowest BCUT2D eigenvalue weighted by Gasteiger charge is -2.10. The van der Waals surface area contributed by atoms with Crippen LogP contribution < -0.4 is 5.32 Å². The maximum atomic E-state index is 12.1. The second kappa shape index (κ2) is 6.16. The predicted molar refractivity (Wildman–Crippen MR) is 79.8 cm³/mol. The van der Waals surface area contributed by atoms with E-state index in [9.17, 15) is 29.7 Å². The van der Waals surface area contributed by atoms with Crippen LogP contribution in [0.4, 0.5) is 5.69 Å². The average molecular weight is 333 g/mol. The van der Waals surface area contributed by atoms with Crippen molar-refractivity contribution in [1.82, 2.24) is 0 Å². The van der Waals surface area contributed by atoms with E-state index in [0.717, 1.165) is 24.3 Å². The Morgan fingerprint density at radius 1 is 0.792 bits per heavy atom. The van der Waals surface area contributed by atoms with Gasteiger partial charge in [0.15, 0.2) is 0 Å². The smallest absolute Gasteiger partial charge is 0.339 e. The molecule has 1 amide bonds. The van der Waals surface area contributed by atoms with Crippen LogP contribution in [0, 0.1) is 0 Å². The Hall–Kier alpha value is -3.75.